The quantitative estimate of drug-likeness (QED) is 0.308. The minimum absolute atomic E-state index is 0.00501. The molecule has 14 heteroatoms. The van der Waals surface area contributed by atoms with E-state index in [9.17, 15) is 19.2 Å². The van der Waals surface area contributed by atoms with Gasteiger partial charge in [0.1, 0.15) is 26.3 Å². The largest absolute Gasteiger partial charge is 0.351 e. The van der Waals surface area contributed by atoms with E-state index < -0.39 is 12.1 Å². The summed E-state index contributed by atoms with van der Waals surface area (Å²) in [6, 6.07) is 10.4. The fourth-order valence-electron chi connectivity index (χ4n) is 4.58. The van der Waals surface area contributed by atoms with Crippen molar-refractivity contribution in [2.75, 3.05) is 19.6 Å². The van der Waals surface area contributed by atoms with E-state index in [1.165, 1.54) is 27.6 Å². The number of benzene rings is 1. The van der Waals surface area contributed by atoms with Crippen LogP contribution in [0, 0.1) is 5.92 Å². The predicted octanol–water partition coefficient (Wildman–Crippen LogP) is 3.86. The van der Waals surface area contributed by atoms with Crippen molar-refractivity contribution in [1.82, 2.24) is 35.2 Å². The summed E-state index contributed by atoms with van der Waals surface area (Å²) >= 11 is 3.66. The summed E-state index contributed by atoms with van der Waals surface area (Å²) in [5, 5.41) is 13.5. The van der Waals surface area contributed by atoms with Crippen LogP contribution in [-0.2, 0) is 11.2 Å². The monoisotopic (exact) mass is 637 g/mol. The minimum atomic E-state index is -0.523. The number of hydrogen-bond acceptors (Lipinski definition) is 10. The Hall–Kier alpha value is -4.01. The Morgan fingerprint density at radius 2 is 1.70 bits per heavy atom. The van der Waals surface area contributed by atoms with Crippen molar-refractivity contribution in [1.29, 1.82) is 0 Å². The van der Waals surface area contributed by atoms with Gasteiger partial charge >= 0.3 is 0 Å². The van der Waals surface area contributed by atoms with E-state index in [0.717, 1.165) is 17.1 Å². The Labute approximate surface area is 260 Å². The number of rotatable bonds is 4. The lowest BCUT2D eigenvalue weighted by Gasteiger charge is -2.23. The van der Waals surface area contributed by atoms with E-state index >= 15 is 0 Å². The van der Waals surface area contributed by atoms with Gasteiger partial charge in [-0.15, -0.1) is 22.7 Å². The molecule has 1 aromatic carbocycles. The third kappa shape index (κ3) is 7.69. The summed E-state index contributed by atoms with van der Waals surface area (Å²) < 4.78 is 4.02. The molecule has 5 rings (SSSR count). The van der Waals surface area contributed by atoms with Crippen molar-refractivity contribution in [3.63, 3.8) is 0 Å². The first-order valence-corrected chi connectivity index (χ1v) is 16.3. The van der Waals surface area contributed by atoms with Crippen LogP contribution in [0.4, 0.5) is 0 Å². The number of amides is 4. The molecule has 0 aliphatic carbocycles. The number of aromatic nitrogens is 3. The molecule has 0 fully saturated rings. The highest BCUT2D eigenvalue weighted by Crippen LogP contribution is 2.27. The van der Waals surface area contributed by atoms with E-state index in [1.54, 1.807) is 23.0 Å². The van der Waals surface area contributed by atoms with Crippen molar-refractivity contribution < 1.29 is 19.2 Å². The lowest BCUT2D eigenvalue weighted by molar-refractivity contribution is -0.122. The fourth-order valence-corrected chi connectivity index (χ4v) is 7.01. The summed E-state index contributed by atoms with van der Waals surface area (Å²) in [7, 11) is 0. The normalized spacial score (nSPS) is 18.7. The van der Waals surface area contributed by atoms with E-state index in [1.807, 2.05) is 44.2 Å². The van der Waals surface area contributed by atoms with Crippen LogP contribution in [0.1, 0.15) is 78.6 Å². The molecule has 0 saturated heterocycles. The average Bonchev–Trinajstić information content (AvgIpc) is 3.79. The fraction of sp³-hybridized carbons (Fsp3) is 0.345. The summed E-state index contributed by atoms with van der Waals surface area (Å²) in [5.74, 6) is -1.39. The number of nitrogens with zero attached hydrogens (tertiary/aromatic N) is 4. The third-order valence-corrected chi connectivity index (χ3v) is 9.43. The van der Waals surface area contributed by atoms with Crippen LogP contribution in [0.15, 0.2) is 53.4 Å². The number of thiazole rings is 2. The molecule has 2 atom stereocenters. The lowest BCUT2D eigenvalue weighted by Crippen LogP contribution is -2.43. The first kappa shape index (κ1) is 30.4. The number of carbonyl (C=O) groups excluding carboxylic acids is 4. The Kier molecular flexibility index (Phi) is 9.89. The molecule has 43 heavy (non-hydrogen) atoms. The van der Waals surface area contributed by atoms with Crippen molar-refractivity contribution in [2.45, 2.75) is 38.8 Å². The Morgan fingerprint density at radius 1 is 0.977 bits per heavy atom. The summed E-state index contributed by atoms with van der Waals surface area (Å²) in [6.07, 6.45) is 2.42. The average molecular weight is 638 g/mol. The van der Waals surface area contributed by atoms with Gasteiger partial charge in [-0.2, -0.15) is 0 Å². The van der Waals surface area contributed by atoms with Gasteiger partial charge in [0, 0.05) is 30.0 Å². The van der Waals surface area contributed by atoms with Crippen molar-refractivity contribution in [2.24, 2.45) is 5.92 Å². The maximum Gasteiger partial charge on any atom is 0.271 e. The molecule has 1 aliphatic heterocycles. The van der Waals surface area contributed by atoms with Crippen LogP contribution in [0.2, 0.25) is 0 Å². The second-order valence-electron chi connectivity index (χ2n) is 10.4. The van der Waals surface area contributed by atoms with E-state index in [4.69, 9.17) is 0 Å². The zero-order valence-electron chi connectivity index (χ0n) is 23.6. The molecule has 4 bridgehead atoms. The standard InChI is InChI=1S/C29H31N7O4S3/c1-17(2)24-28-34-20(15-42-28)25(38)30-10-6-12-36(29(40)22-9-11-31-43-22)14-23(37)32-19(13-18-7-4-3-5-8-18)27-33-21(16-41-27)26(39)35-24/h3-5,7-9,11,15-17,19,24H,6,10,12-14H2,1-2H3,(H,30,38)(H,32,37)(H,35,39)/t19-,24-/m0/s1. The van der Waals surface area contributed by atoms with Crippen LogP contribution in [0.5, 0.6) is 0 Å². The maximum absolute atomic E-state index is 13.4. The smallest absolute Gasteiger partial charge is 0.271 e. The van der Waals surface area contributed by atoms with Gasteiger partial charge in [0.15, 0.2) is 0 Å². The van der Waals surface area contributed by atoms with E-state index in [0.29, 0.717) is 27.7 Å². The lowest BCUT2D eigenvalue weighted by atomic mass is 10.0. The van der Waals surface area contributed by atoms with Crippen LogP contribution in [0.25, 0.3) is 0 Å². The SMILES string of the molecule is CC(C)[C@@H]1NC(=O)c2csc(n2)[C@H](Cc2ccccc2)NC(=O)CN(C(=O)c2ccns2)CCCNC(=O)c2csc1n2. The number of fused-ring (bicyclic) bond motifs is 4. The van der Waals surface area contributed by atoms with Gasteiger partial charge < -0.3 is 20.9 Å². The molecule has 0 spiro atoms. The molecule has 11 nitrogen and oxygen atoms in total. The molecule has 3 N–H and O–H groups in total. The van der Waals surface area contributed by atoms with Gasteiger partial charge in [0.2, 0.25) is 5.91 Å². The van der Waals surface area contributed by atoms with Gasteiger partial charge in [0.25, 0.3) is 17.7 Å². The third-order valence-electron chi connectivity index (χ3n) is 6.81. The predicted molar refractivity (Wildman–Crippen MR) is 165 cm³/mol. The van der Waals surface area contributed by atoms with E-state index in [-0.39, 0.29) is 60.6 Å². The Morgan fingerprint density at radius 3 is 2.42 bits per heavy atom. The zero-order valence-corrected chi connectivity index (χ0v) is 26.1. The maximum atomic E-state index is 13.4. The highest BCUT2D eigenvalue weighted by Gasteiger charge is 2.27. The molecule has 0 radical (unpaired) electrons. The Bertz CT molecular complexity index is 1570. The van der Waals surface area contributed by atoms with Crippen LogP contribution in [0.3, 0.4) is 0 Å². The highest BCUT2D eigenvalue weighted by atomic mass is 32.1. The van der Waals surface area contributed by atoms with Crippen molar-refractivity contribution >= 4 is 57.8 Å². The molecule has 0 saturated carbocycles. The van der Waals surface area contributed by atoms with Crippen LogP contribution in [-0.4, -0.2) is 62.5 Å². The molecule has 4 aromatic rings. The highest BCUT2D eigenvalue weighted by molar-refractivity contribution is 7.10. The van der Waals surface area contributed by atoms with Gasteiger partial charge in [-0.1, -0.05) is 44.2 Å². The van der Waals surface area contributed by atoms with Gasteiger partial charge in [-0.25, -0.2) is 14.3 Å². The first-order valence-electron chi connectivity index (χ1n) is 13.8. The second-order valence-corrected chi connectivity index (χ2v) is 13.0. The number of carbonyl (C=O) groups is 4. The van der Waals surface area contributed by atoms with Gasteiger partial charge in [0.05, 0.1) is 18.6 Å². The topological polar surface area (TPSA) is 146 Å². The van der Waals surface area contributed by atoms with Gasteiger partial charge in [-0.05, 0) is 41.9 Å². The molecule has 4 amide bonds. The van der Waals surface area contributed by atoms with E-state index in [2.05, 4.69) is 30.3 Å². The zero-order chi connectivity index (χ0) is 30.3. The Balaban J connectivity index is 1.46. The molecule has 0 unspecified atom stereocenters. The molecule has 224 valence electrons. The second kappa shape index (κ2) is 14.0. The summed E-state index contributed by atoms with van der Waals surface area (Å²) in [5.41, 5.74) is 1.47. The minimum Gasteiger partial charge on any atom is -0.351 e. The molecular formula is C29H31N7O4S3. The van der Waals surface area contributed by atoms with Gasteiger partial charge in [-0.3, -0.25) is 19.2 Å². The summed E-state index contributed by atoms with van der Waals surface area (Å²) in [6.45, 7) is 4.27. The van der Waals surface area contributed by atoms with Crippen LogP contribution < -0.4 is 16.0 Å². The number of nitrogens with one attached hydrogen (secondary N) is 3. The molecule has 4 heterocycles. The van der Waals surface area contributed by atoms with Crippen molar-refractivity contribution in [3.8, 4) is 0 Å². The van der Waals surface area contributed by atoms with Crippen LogP contribution >= 0.6 is 34.2 Å². The first-order chi connectivity index (χ1) is 20.8. The molecular weight excluding hydrogens is 607 g/mol. The molecule has 1 aliphatic rings. The molecule has 3 aromatic heterocycles. The van der Waals surface area contributed by atoms with Crippen molar-refractivity contribution in [3.05, 3.63) is 85.2 Å². The number of hydrogen-bond donors (Lipinski definition) is 3. The summed E-state index contributed by atoms with van der Waals surface area (Å²) in [4.78, 5) is 63.9.